The number of halogens is 3. The first-order chi connectivity index (χ1) is 9.95. The van der Waals surface area contributed by atoms with Gasteiger partial charge in [-0.05, 0) is 23.7 Å². The van der Waals surface area contributed by atoms with Gasteiger partial charge in [-0.1, -0.05) is 12.1 Å². The average Bonchev–Trinajstić information content (AvgIpc) is 2.39. The number of ether oxygens (including phenoxy) is 1. The molecule has 0 saturated carbocycles. The quantitative estimate of drug-likeness (QED) is 0.915. The molecule has 0 fully saturated rings. The van der Waals surface area contributed by atoms with Gasteiger partial charge in [0.25, 0.3) is 0 Å². The van der Waals surface area contributed by atoms with Crippen LogP contribution in [0.2, 0.25) is 5.28 Å². The van der Waals surface area contributed by atoms with Crippen LogP contribution >= 0.6 is 11.6 Å². The van der Waals surface area contributed by atoms with E-state index >= 15 is 0 Å². The van der Waals surface area contributed by atoms with Crippen LogP contribution in [0.5, 0.6) is 5.75 Å². The fourth-order valence-electron chi connectivity index (χ4n) is 1.48. The minimum Gasteiger partial charge on any atom is -0.433 e. The number of nitrogens with zero attached hydrogens (tertiary/aromatic N) is 4. The standard InChI is InChI=1S/C12H12ClF2N5O/c1-20(2)12-18-9(13)17-11(19-12)16-7-5-3-4-6-8(7)21-10(14)15/h3-6,10H,1-2H3,(H,16,17,18,19). The summed E-state index contributed by atoms with van der Waals surface area (Å²) in [6, 6.07) is 6.21. The fraction of sp³-hybridized carbons (Fsp3) is 0.250. The summed E-state index contributed by atoms with van der Waals surface area (Å²) in [4.78, 5) is 13.6. The van der Waals surface area contributed by atoms with Crippen LogP contribution in [-0.2, 0) is 0 Å². The van der Waals surface area contributed by atoms with Crippen molar-refractivity contribution < 1.29 is 13.5 Å². The topological polar surface area (TPSA) is 63.2 Å². The highest BCUT2D eigenvalue weighted by Gasteiger charge is 2.12. The van der Waals surface area contributed by atoms with Crippen molar-refractivity contribution in [1.82, 2.24) is 15.0 Å². The van der Waals surface area contributed by atoms with Crippen molar-refractivity contribution in [3.63, 3.8) is 0 Å². The molecule has 0 bridgehead atoms. The van der Waals surface area contributed by atoms with Crippen molar-refractivity contribution in [3.05, 3.63) is 29.5 Å². The molecule has 0 unspecified atom stereocenters. The summed E-state index contributed by atoms with van der Waals surface area (Å²) in [6.07, 6.45) is 0. The molecule has 0 aliphatic rings. The van der Waals surface area contributed by atoms with Crippen LogP contribution < -0.4 is 15.0 Å². The summed E-state index contributed by atoms with van der Waals surface area (Å²) >= 11 is 5.80. The van der Waals surface area contributed by atoms with Crippen molar-refractivity contribution in [2.24, 2.45) is 0 Å². The van der Waals surface area contributed by atoms with Crippen LogP contribution in [0.3, 0.4) is 0 Å². The van der Waals surface area contributed by atoms with Gasteiger partial charge in [-0.2, -0.15) is 23.7 Å². The molecule has 112 valence electrons. The van der Waals surface area contributed by atoms with Gasteiger partial charge in [0.05, 0.1) is 5.69 Å². The number of nitrogens with one attached hydrogen (secondary N) is 1. The Labute approximate surface area is 124 Å². The number of hydrogen-bond donors (Lipinski definition) is 1. The van der Waals surface area contributed by atoms with E-state index in [0.717, 1.165) is 0 Å². The first-order valence-corrected chi connectivity index (χ1v) is 6.23. The van der Waals surface area contributed by atoms with Gasteiger partial charge >= 0.3 is 6.61 Å². The van der Waals surface area contributed by atoms with Gasteiger partial charge in [0.15, 0.2) is 0 Å². The second-order valence-electron chi connectivity index (χ2n) is 4.12. The van der Waals surface area contributed by atoms with E-state index in [1.54, 1.807) is 37.2 Å². The van der Waals surface area contributed by atoms with Crippen LogP contribution in [0.4, 0.5) is 26.4 Å². The maximum absolute atomic E-state index is 12.4. The molecule has 0 saturated heterocycles. The van der Waals surface area contributed by atoms with Gasteiger partial charge in [0.2, 0.25) is 17.2 Å². The molecule has 1 heterocycles. The molecule has 0 atom stereocenters. The van der Waals surface area contributed by atoms with Crippen LogP contribution in [0, 0.1) is 0 Å². The second-order valence-corrected chi connectivity index (χ2v) is 4.46. The monoisotopic (exact) mass is 315 g/mol. The third-order valence-electron chi connectivity index (χ3n) is 2.35. The Balaban J connectivity index is 2.30. The minimum absolute atomic E-state index is 0.0107. The van der Waals surface area contributed by atoms with E-state index in [9.17, 15) is 8.78 Å². The Morgan fingerprint density at radius 2 is 1.90 bits per heavy atom. The lowest BCUT2D eigenvalue weighted by molar-refractivity contribution is -0.0493. The van der Waals surface area contributed by atoms with Crippen molar-refractivity contribution in [3.8, 4) is 5.75 Å². The number of rotatable bonds is 5. The Kier molecular flexibility index (Phi) is 4.69. The number of anilines is 3. The number of para-hydroxylation sites is 2. The Bertz CT molecular complexity index is 626. The maximum Gasteiger partial charge on any atom is 0.387 e. The molecule has 21 heavy (non-hydrogen) atoms. The zero-order valence-electron chi connectivity index (χ0n) is 11.2. The molecule has 1 N–H and O–H groups in total. The van der Waals surface area contributed by atoms with Crippen molar-refractivity contribution in [2.45, 2.75) is 6.61 Å². The predicted octanol–water partition coefficient (Wildman–Crippen LogP) is 2.94. The van der Waals surface area contributed by atoms with Gasteiger partial charge < -0.3 is 15.0 Å². The van der Waals surface area contributed by atoms with Gasteiger partial charge in [0, 0.05) is 14.1 Å². The van der Waals surface area contributed by atoms with Crippen LogP contribution in [0.15, 0.2) is 24.3 Å². The maximum atomic E-state index is 12.4. The minimum atomic E-state index is -2.92. The summed E-state index contributed by atoms with van der Waals surface area (Å²) in [6.45, 7) is -2.92. The van der Waals surface area contributed by atoms with Crippen molar-refractivity contribution in [2.75, 3.05) is 24.3 Å². The lowest BCUT2D eigenvalue weighted by atomic mass is 10.3. The molecule has 0 spiro atoms. The summed E-state index contributed by atoms with van der Waals surface area (Å²) in [5.74, 6) is 0.448. The van der Waals surface area contributed by atoms with E-state index < -0.39 is 6.61 Å². The van der Waals surface area contributed by atoms with Crippen molar-refractivity contribution in [1.29, 1.82) is 0 Å². The highest BCUT2D eigenvalue weighted by Crippen LogP contribution is 2.28. The summed E-state index contributed by atoms with van der Waals surface area (Å²) < 4.78 is 29.1. The Hall–Kier alpha value is -2.22. The molecule has 0 amide bonds. The third-order valence-corrected chi connectivity index (χ3v) is 2.51. The highest BCUT2D eigenvalue weighted by molar-refractivity contribution is 6.28. The average molecular weight is 316 g/mol. The van der Waals surface area contributed by atoms with E-state index in [1.165, 1.54) is 6.07 Å². The molecule has 0 radical (unpaired) electrons. The zero-order valence-corrected chi connectivity index (χ0v) is 12.0. The molecule has 6 nitrogen and oxygen atoms in total. The fourth-order valence-corrected chi connectivity index (χ4v) is 1.64. The highest BCUT2D eigenvalue weighted by atomic mass is 35.5. The first kappa shape index (κ1) is 15.2. The molecular formula is C12H12ClF2N5O. The van der Waals surface area contributed by atoms with Gasteiger partial charge in [-0.15, -0.1) is 0 Å². The van der Waals surface area contributed by atoms with Gasteiger partial charge in [-0.3, -0.25) is 0 Å². The van der Waals surface area contributed by atoms with E-state index in [-0.39, 0.29) is 17.0 Å². The van der Waals surface area contributed by atoms with E-state index in [0.29, 0.717) is 11.6 Å². The molecule has 2 aromatic rings. The molecule has 1 aromatic heterocycles. The van der Waals surface area contributed by atoms with Crippen LogP contribution in [0.1, 0.15) is 0 Å². The van der Waals surface area contributed by atoms with E-state index in [1.807, 2.05) is 0 Å². The first-order valence-electron chi connectivity index (χ1n) is 5.85. The Morgan fingerprint density at radius 1 is 1.19 bits per heavy atom. The van der Waals surface area contributed by atoms with E-state index in [4.69, 9.17) is 11.6 Å². The normalized spacial score (nSPS) is 10.6. The third kappa shape index (κ3) is 4.12. The summed E-state index contributed by atoms with van der Waals surface area (Å²) in [7, 11) is 3.48. The predicted molar refractivity (Wildman–Crippen MR) is 75.5 cm³/mol. The molecular weight excluding hydrogens is 304 g/mol. The van der Waals surface area contributed by atoms with Gasteiger partial charge in [0.1, 0.15) is 5.75 Å². The Morgan fingerprint density at radius 3 is 2.57 bits per heavy atom. The second kappa shape index (κ2) is 6.49. The zero-order chi connectivity index (χ0) is 15.4. The molecule has 2 rings (SSSR count). The van der Waals surface area contributed by atoms with Crippen molar-refractivity contribution >= 4 is 29.2 Å². The summed E-state index contributed by atoms with van der Waals surface area (Å²) in [5, 5.41) is 2.77. The molecule has 9 heteroatoms. The largest absolute Gasteiger partial charge is 0.433 e. The molecule has 0 aliphatic carbocycles. The summed E-state index contributed by atoms with van der Waals surface area (Å²) in [5.41, 5.74) is 0.296. The van der Waals surface area contributed by atoms with E-state index in [2.05, 4.69) is 25.0 Å². The molecule has 0 aliphatic heterocycles. The SMILES string of the molecule is CN(C)c1nc(Cl)nc(Nc2ccccc2OC(F)F)n1. The smallest absolute Gasteiger partial charge is 0.387 e. The van der Waals surface area contributed by atoms with Crippen LogP contribution in [-0.4, -0.2) is 35.7 Å². The number of hydrogen-bond acceptors (Lipinski definition) is 6. The lowest BCUT2D eigenvalue weighted by Gasteiger charge is -2.14. The number of benzene rings is 1. The van der Waals surface area contributed by atoms with Gasteiger partial charge in [-0.25, -0.2) is 0 Å². The lowest BCUT2D eigenvalue weighted by Crippen LogP contribution is -2.14. The number of alkyl halides is 2. The van der Waals surface area contributed by atoms with Crippen LogP contribution in [0.25, 0.3) is 0 Å². The number of aromatic nitrogens is 3. The molecule has 1 aromatic carbocycles.